The number of carboxylic acids is 1. The summed E-state index contributed by atoms with van der Waals surface area (Å²) in [6.07, 6.45) is 0.0106. The lowest BCUT2D eigenvalue weighted by Gasteiger charge is -2.20. The Morgan fingerprint density at radius 1 is 1.21 bits per heavy atom. The van der Waals surface area contributed by atoms with E-state index < -0.39 is 12.0 Å². The zero-order valence-corrected chi connectivity index (χ0v) is 14.5. The summed E-state index contributed by atoms with van der Waals surface area (Å²) in [5.74, 6) is -0.726. The van der Waals surface area contributed by atoms with Gasteiger partial charge in [-0.15, -0.1) is 11.3 Å². The van der Waals surface area contributed by atoms with E-state index >= 15 is 0 Å². The van der Waals surface area contributed by atoms with Crippen molar-refractivity contribution in [2.24, 2.45) is 0 Å². The summed E-state index contributed by atoms with van der Waals surface area (Å²) in [4.78, 5) is 24.1. The van der Waals surface area contributed by atoms with E-state index in [0.717, 1.165) is 4.88 Å². The second kappa shape index (κ2) is 8.49. The molecule has 1 atom stereocenters. The van der Waals surface area contributed by atoms with Gasteiger partial charge in [-0.1, -0.05) is 18.2 Å². The van der Waals surface area contributed by atoms with E-state index in [1.807, 2.05) is 31.4 Å². The number of amides is 1. The fraction of sp³-hybridized carbons (Fsp3) is 0.333. The van der Waals surface area contributed by atoms with Crippen molar-refractivity contribution >= 4 is 23.2 Å². The third kappa shape index (κ3) is 5.70. The Balaban J connectivity index is 2.06. The standard InChI is InChI=1S/C18H21NO4S/c1-12(2)23-14-7-5-13(6-8-14)16(11-18(21)22)19-17(20)10-15-4-3-9-24-15/h3-9,12,16H,10-11H2,1-2H3,(H,19,20)(H,21,22)/p-1. The Kier molecular flexibility index (Phi) is 6.37. The first-order valence-corrected chi connectivity index (χ1v) is 8.60. The molecule has 128 valence electrons. The normalized spacial score (nSPS) is 12.0. The first-order chi connectivity index (χ1) is 11.4. The fourth-order valence-corrected chi connectivity index (χ4v) is 2.99. The molecule has 24 heavy (non-hydrogen) atoms. The highest BCUT2D eigenvalue weighted by molar-refractivity contribution is 7.10. The van der Waals surface area contributed by atoms with Crippen LogP contribution in [0.25, 0.3) is 0 Å². The van der Waals surface area contributed by atoms with Gasteiger partial charge in [-0.25, -0.2) is 0 Å². The summed E-state index contributed by atoms with van der Waals surface area (Å²) in [5, 5.41) is 15.7. The number of carbonyl (C=O) groups excluding carboxylic acids is 2. The van der Waals surface area contributed by atoms with E-state index in [2.05, 4.69) is 5.32 Å². The molecule has 0 spiro atoms. The average molecular weight is 346 g/mol. The van der Waals surface area contributed by atoms with E-state index in [1.54, 1.807) is 24.3 Å². The molecular formula is C18H20NO4S-. The molecule has 1 unspecified atom stereocenters. The lowest BCUT2D eigenvalue weighted by molar-refractivity contribution is -0.306. The van der Waals surface area contributed by atoms with Crippen molar-refractivity contribution in [2.75, 3.05) is 0 Å². The molecule has 1 heterocycles. The van der Waals surface area contributed by atoms with E-state index in [9.17, 15) is 14.7 Å². The summed E-state index contributed by atoms with van der Waals surface area (Å²) in [7, 11) is 0. The highest BCUT2D eigenvalue weighted by atomic mass is 32.1. The first kappa shape index (κ1) is 18.0. The fourth-order valence-electron chi connectivity index (χ4n) is 2.29. The predicted octanol–water partition coefficient (Wildman–Crippen LogP) is 2.08. The van der Waals surface area contributed by atoms with Gasteiger partial charge in [0, 0.05) is 17.3 Å². The Bertz CT molecular complexity index is 665. The summed E-state index contributed by atoms with van der Waals surface area (Å²) in [6, 6.07) is 10.2. The zero-order chi connectivity index (χ0) is 17.5. The van der Waals surface area contributed by atoms with Crippen LogP contribution in [0.3, 0.4) is 0 Å². The van der Waals surface area contributed by atoms with Gasteiger partial charge >= 0.3 is 0 Å². The van der Waals surface area contributed by atoms with Crippen LogP contribution in [0.1, 0.15) is 36.8 Å². The van der Waals surface area contributed by atoms with E-state index in [-0.39, 0.29) is 24.9 Å². The number of carbonyl (C=O) groups is 2. The van der Waals surface area contributed by atoms with E-state index in [4.69, 9.17) is 4.74 Å². The molecule has 1 aromatic heterocycles. The average Bonchev–Trinajstić information content (AvgIpc) is 2.99. The highest BCUT2D eigenvalue weighted by Gasteiger charge is 2.16. The monoisotopic (exact) mass is 346 g/mol. The molecule has 0 saturated heterocycles. The molecule has 2 rings (SSSR count). The molecule has 5 nitrogen and oxygen atoms in total. The number of nitrogens with one attached hydrogen (secondary N) is 1. The maximum atomic E-state index is 12.1. The van der Waals surface area contributed by atoms with Gasteiger partial charge in [0.15, 0.2) is 0 Å². The first-order valence-electron chi connectivity index (χ1n) is 7.72. The van der Waals surface area contributed by atoms with Crippen molar-refractivity contribution in [3.05, 3.63) is 52.2 Å². The maximum absolute atomic E-state index is 12.1. The van der Waals surface area contributed by atoms with Gasteiger partial charge in [-0.3, -0.25) is 4.79 Å². The highest BCUT2D eigenvalue weighted by Crippen LogP contribution is 2.21. The van der Waals surface area contributed by atoms with Gasteiger partial charge in [-0.05, 0) is 43.0 Å². The van der Waals surface area contributed by atoms with Crippen LogP contribution in [0.15, 0.2) is 41.8 Å². The Hall–Kier alpha value is -2.34. The summed E-state index contributed by atoms with van der Waals surface area (Å²) >= 11 is 1.49. The van der Waals surface area contributed by atoms with Crippen LogP contribution < -0.4 is 15.2 Å². The van der Waals surface area contributed by atoms with Crippen LogP contribution >= 0.6 is 11.3 Å². The molecular weight excluding hydrogens is 326 g/mol. The topological polar surface area (TPSA) is 78.5 Å². The third-order valence-electron chi connectivity index (χ3n) is 3.28. The lowest BCUT2D eigenvalue weighted by atomic mass is 10.0. The molecule has 0 aliphatic rings. The predicted molar refractivity (Wildman–Crippen MR) is 90.7 cm³/mol. The molecule has 0 fully saturated rings. The number of thiophene rings is 1. The number of hydrogen-bond acceptors (Lipinski definition) is 5. The summed E-state index contributed by atoms with van der Waals surface area (Å²) in [5.41, 5.74) is 0.704. The largest absolute Gasteiger partial charge is 0.550 e. The molecule has 6 heteroatoms. The van der Waals surface area contributed by atoms with Crippen LogP contribution in [0.2, 0.25) is 0 Å². The number of carboxylic acid groups (broad SMARTS) is 1. The minimum absolute atomic E-state index is 0.0559. The van der Waals surface area contributed by atoms with Crippen molar-refractivity contribution in [1.29, 1.82) is 0 Å². The van der Waals surface area contributed by atoms with Gasteiger partial charge in [-0.2, -0.15) is 0 Å². The Morgan fingerprint density at radius 3 is 2.46 bits per heavy atom. The molecule has 0 aliphatic heterocycles. The van der Waals surface area contributed by atoms with Crippen molar-refractivity contribution in [1.82, 2.24) is 5.32 Å². The van der Waals surface area contributed by atoms with E-state index in [1.165, 1.54) is 11.3 Å². The molecule has 1 N–H and O–H groups in total. The number of benzene rings is 1. The zero-order valence-electron chi connectivity index (χ0n) is 13.7. The summed E-state index contributed by atoms with van der Waals surface area (Å²) < 4.78 is 5.57. The van der Waals surface area contributed by atoms with Gasteiger partial charge in [0.25, 0.3) is 0 Å². The molecule has 0 saturated carbocycles. The van der Waals surface area contributed by atoms with E-state index in [0.29, 0.717) is 11.3 Å². The van der Waals surface area contributed by atoms with Gasteiger partial charge in [0.05, 0.1) is 18.6 Å². The van der Waals surface area contributed by atoms with Gasteiger partial charge in [0.2, 0.25) is 5.91 Å². The van der Waals surface area contributed by atoms with Crippen LogP contribution in [-0.4, -0.2) is 18.0 Å². The second-order valence-electron chi connectivity index (χ2n) is 5.69. The van der Waals surface area contributed by atoms with Crippen molar-refractivity contribution in [3.8, 4) is 5.75 Å². The van der Waals surface area contributed by atoms with Crippen molar-refractivity contribution < 1.29 is 19.4 Å². The van der Waals surface area contributed by atoms with Crippen molar-refractivity contribution in [3.63, 3.8) is 0 Å². The van der Waals surface area contributed by atoms with Crippen LogP contribution in [0.4, 0.5) is 0 Å². The molecule has 1 amide bonds. The SMILES string of the molecule is CC(C)Oc1ccc(C(CC(=O)[O-])NC(=O)Cc2cccs2)cc1. The van der Waals surface area contributed by atoms with Gasteiger partial charge in [0.1, 0.15) is 5.75 Å². The minimum atomic E-state index is -1.21. The summed E-state index contributed by atoms with van der Waals surface area (Å²) in [6.45, 7) is 3.86. The number of aliphatic carboxylic acids is 1. The minimum Gasteiger partial charge on any atom is -0.550 e. The molecule has 0 aliphatic carbocycles. The lowest BCUT2D eigenvalue weighted by Crippen LogP contribution is -2.34. The third-order valence-corrected chi connectivity index (χ3v) is 4.15. The van der Waals surface area contributed by atoms with Crippen molar-refractivity contribution in [2.45, 2.75) is 38.8 Å². The molecule has 0 radical (unpaired) electrons. The smallest absolute Gasteiger partial charge is 0.225 e. The quantitative estimate of drug-likeness (QED) is 0.794. The van der Waals surface area contributed by atoms with Crippen LogP contribution in [0.5, 0.6) is 5.75 Å². The van der Waals surface area contributed by atoms with Crippen LogP contribution in [0, 0.1) is 0 Å². The Labute approximate surface area is 145 Å². The molecule has 2 aromatic rings. The number of ether oxygens (including phenoxy) is 1. The maximum Gasteiger partial charge on any atom is 0.225 e. The van der Waals surface area contributed by atoms with Gasteiger partial charge < -0.3 is 20.0 Å². The van der Waals surface area contributed by atoms with Crippen LogP contribution in [-0.2, 0) is 16.0 Å². The Morgan fingerprint density at radius 2 is 1.92 bits per heavy atom. The second-order valence-corrected chi connectivity index (χ2v) is 6.72. The molecule has 0 bridgehead atoms. The molecule has 1 aromatic carbocycles. The number of rotatable bonds is 8. The number of hydrogen-bond donors (Lipinski definition) is 1.